The van der Waals surface area contributed by atoms with E-state index in [4.69, 9.17) is 29.5 Å². The van der Waals surface area contributed by atoms with E-state index in [0.29, 0.717) is 0 Å². The van der Waals surface area contributed by atoms with Crippen LogP contribution in [-0.2, 0) is 35.8 Å². The van der Waals surface area contributed by atoms with E-state index >= 15 is 0 Å². The molecule has 0 bridgehead atoms. The summed E-state index contributed by atoms with van der Waals surface area (Å²) in [5, 5.41) is 12.2. The van der Waals surface area contributed by atoms with Gasteiger partial charge in [0.25, 0.3) is 0 Å². The Balaban J connectivity index is -0.000000171. The Bertz CT molecular complexity index is 480. The van der Waals surface area contributed by atoms with Gasteiger partial charge in [0.1, 0.15) is 0 Å². The topological polar surface area (TPSA) is 141 Å². The van der Waals surface area contributed by atoms with E-state index < -0.39 is 0 Å². The van der Waals surface area contributed by atoms with Gasteiger partial charge in [0.05, 0.1) is 18.2 Å². The van der Waals surface area contributed by atoms with Gasteiger partial charge in [-0.3, -0.25) is 0 Å². The maximum atomic E-state index is 8.47. The Morgan fingerprint density at radius 1 is 1.28 bits per heavy atom. The van der Waals surface area contributed by atoms with Gasteiger partial charge in [0, 0.05) is 40.4 Å². The van der Waals surface area contributed by atoms with E-state index in [1.165, 1.54) is 6.08 Å². The second kappa shape index (κ2) is 33.8. The molecular weight excluding hydrogens is 388 g/mol. The van der Waals surface area contributed by atoms with Gasteiger partial charge in [0.2, 0.25) is 0 Å². The molecule has 0 radical (unpaired) electrons. The van der Waals surface area contributed by atoms with Crippen molar-refractivity contribution in [1.82, 2.24) is 0 Å². The van der Waals surface area contributed by atoms with E-state index in [1.807, 2.05) is 25.1 Å². The van der Waals surface area contributed by atoms with Crippen molar-refractivity contribution in [2.75, 3.05) is 12.9 Å². The molecule has 0 fully saturated rings. The van der Waals surface area contributed by atoms with Gasteiger partial charge in [-0.25, -0.2) is 0 Å². The smallest absolute Gasteiger partial charge is 0 e. The summed E-state index contributed by atoms with van der Waals surface area (Å²) in [6, 6.07) is 1.68. The number of allylic oxidation sites excluding steroid dienone is 3. The van der Waals surface area contributed by atoms with Crippen LogP contribution in [0.5, 0.6) is 0 Å². The first kappa shape index (κ1) is 34.6. The van der Waals surface area contributed by atoms with E-state index in [1.54, 1.807) is 24.9 Å². The molecule has 0 aromatic carbocycles. The summed E-state index contributed by atoms with van der Waals surface area (Å²) in [7, 11) is 1.61. The minimum atomic E-state index is -0.242. The number of hydrogen-bond donors (Lipinski definition) is 0. The van der Waals surface area contributed by atoms with Crippen molar-refractivity contribution in [2.45, 2.75) is 31.2 Å². The minimum absolute atomic E-state index is 0. The third kappa shape index (κ3) is 22.3. The molecule has 10 heteroatoms. The fourth-order valence-electron chi connectivity index (χ4n) is 1.48. The molecule has 0 amide bonds. The van der Waals surface area contributed by atoms with Gasteiger partial charge in [-0.1, -0.05) is 37.2 Å². The van der Waals surface area contributed by atoms with Crippen LogP contribution in [0.25, 0.3) is 10.4 Å². The van der Waals surface area contributed by atoms with Crippen LogP contribution >= 0.6 is 11.8 Å². The summed E-state index contributed by atoms with van der Waals surface area (Å²) in [5.41, 5.74) is 8.47. The van der Waals surface area contributed by atoms with Crippen molar-refractivity contribution in [3.05, 3.63) is 54.7 Å². The molecule has 0 saturated heterocycles. The van der Waals surface area contributed by atoms with Gasteiger partial charge in [-0.15, -0.1) is 0 Å². The fourth-order valence-corrected chi connectivity index (χ4v) is 2.59. The number of azide groups is 1. The molecule has 0 N–H and O–H groups in total. The first-order chi connectivity index (χ1) is 11.7. The van der Waals surface area contributed by atoms with E-state index in [2.05, 4.69) is 36.9 Å². The van der Waals surface area contributed by atoms with Crippen LogP contribution < -0.4 is 0 Å². The van der Waals surface area contributed by atoms with E-state index in [9.17, 15) is 0 Å². The number of ether oxygens (including phenoxy) is 1. The van der Waals surface area contributed by atoms with Crippen LogP contribution in [-0.4, -0.2) is 30.3 Å². The molecule has 0 spiro atoms. The third-order valence-corrected chi connectivity index (χ3v) is 3.39. The van der Waals surface area contributed by atoms with Crippen LogP contribution in [0.2, 0.25) is 0 Å². The summed E-state index contributed by atoms with van der Waals surface area (Å²) >= 11 is 1.71. The Morgan fingerprint density at radius 3 is 2.16 bits per heavy atom. The molecule has 0 aliphatic heterocycles. The second-order valence-electron chi connectivity index (χ2n) is 3.44. The van der Waals surface area contributed by atoms with Crippen molar-refractivity contribution >= 4 is 11.8 Å². The molecule has 0 aliphatic rings. The number of rotatable bonds is 8. The van der Waals surface area contributed by atoms with E-state index in [0.717, 1.165) is 5.75 Å². The SMILES string of the molecule is CCS[C@@H](/C=C/C=C/C#N)[C@H](OC)[C@@H](C)N=[N+]=[N-].[C-]#[O+].[C-]#[O+].[C-]#[O+].[Fe]. The molecule has 0 saturated carbocycles. The molecule has 0 aliphatic carbocycles. The van der Waals surface area contributed by atoms with Crippen molar-refractivity contribution in [3.63, 3.8) is 0 Å². The molecule has 8 nitrogen and oxygen atoms in total. The number of hydrogen-bond acceptors (Lipinski definition) is 4. The van der Waals surface area contributed by atoms with Crippen molar-refractivity contribution < 1.29 is 35.8 Å². The fraction of sp³-hybridized carbons (Fsp3) is 0.467. The minimum Gasteiger partial charge on any atom is 0 e. The zero-order valence-electron chi connectivity index (χ0n) is 13.9. The first-order valence-electron chi connectivity index (χ1n) is 6.24. The van der Waals surface area contributed by atoms with Gasteiger partial charge < -0.3 is 4.74 Å². The van der Waals surface area contributed by atoms with Crippen LogP contribution in [0.3, 0.4) is 0 Å². The molecule has 25 heavy (non-hydrogen) atoms. The molecule has 0 aromatic heterocycles. The summed E-state index contributed by atoms with van der Waals surface area (Å²) in [6.45, 7) is 17.4. The number of methoxy groups -OCH3 is 1. The maximum absolute atomic E-state index is 8.47. The van der Waals surface area contributed by atoms with Crippen LogP contribution in [0.4, 0.5) is 0 Å². The van der Waals surface area contributed by atoms with Gasteiger partial charge in [-0.05, 0) is 11.3 Å². The molecular formula is C15H18FeN4O4S. The third-order valence-electron chi connectivity index (χ3n) is 2.25. The largest absolute Gasteiger partial charge is 0 e. The Labute approximate surface area is 162 Å². The zero-order valence-corrected chi connectivity index (χ0v) is 15.9. The van der Waals surface area contributed by atoms with E-state index in [-0.39, 0.29) is 34.5 Å². The van der Waals surface area contributed by atoms with Crippen molar-refractivity contribution in [3.8, 4) is 6.07 Å². The normalized spacial score (nSPS) is 11.8. The molecule has 0 rings (SSSR count). The predicted octanol–water partition coefficient (Wildman–Crippen LogP) is 3.34. The average molecular weight is 406 g/mol. The summed E-state index contributed by atoms with van der Waals surface area (Å²) in [5.74, 6) is 0.930. The number of nitrogens with zero attached hydrogens (tertiary/aromatic N) is 4. The summed E-state index contributed by atoms with van der Waals surface area (Å²) < 4.78 is 27.9. The Morgan fingerprint density at radius 2 is 1.80 bits per heavy atom. The Hall–Kier alpha value is -1.67. The molecule has 0 heterocycles. The predicted molar refractivity (Wildman–Crippen MR) is 87.0 cm³/mol. The van der Waals surface area contributed by atoms with Gasteiger partial charge in [-0.2, -0.15) is 17.0 Å². The quantitative estimate of drug-likeness (QED) is 0.0892. The number of nitriles is 1. The Kier molecular flexibility index (Phi) is 46.8. The standard InChI is InChI=1S/C12H18N4OS.3CO.Fe/c1-4-18-11(8-6-5-7-9-13)12(17-3)10(2)15-16-14;3*1-2;/h5-8,10-12H,4H2,1-3H3;;;;/b7-5+,8-6+;;;;/t10-,11+,12-;;;;/m1..../s1. The van der Waals surface area contributed by atoms with Crippen molar-refractivity contribution in [1.29, 1.82) is 5.26 Å². The zero-order chi connectivity index (χ0) is 19.8. The first-order valence-corrected chi connectivity index (χ1v) is 7.28. The monoisotopic (exact) mass is 406 g/mol. The number of thioether (sulfide) groups is 1. The van der Waals surface area contributed by atoms with Gasteiger partial charge in [0.15, 0.2) is 0 Å². The van der Waals surface area contributed by atoms with Crippen molar-refractivity contribution in [2.24, 2.45) is 5.11 Å². The van der Waals surface area contributed by atoms with Crippen LogP contribution in [0.1, 0.15) is 13.8 Å². The van der Waals surface area contributed by atoms with Crippen LogP contribution in [0, 0.1) is 31.3 Å². The van der Waals surface area contributed by atoms with Gasteiger partial charge >= 0.3 is 33.9 Å². The molecule has 136 valence electrons. The molecule has 0 aromatic rings. The average Bonchev–Trinajstić information content (AvgIpc) is 2.64. The summed E-state index contributed by atoms with van der Waals surface area (Å²) in [4.78, 5) is 2.81. The van der Waals surface area contributed by atoms with Crippen LogP contribution in [0.15, 0.2) is 29.4 Å². The second-order valence-corrected chi connectivity index (χ2v) is 4.89. The summed E-state index contributed by atoms with van der Waals surface area (Å²) in [6.07, 6.45) is 6.67. The molecule has 0 unspecified atom stereocenters. The molecule has 3 atom stereocenters. The maximum Gasteiger partial charge on any atom is 0 e.